The summed E-state index contributed by atoms with van der Waals surface area (Å²) in [5, 5.41) is 0. The molecule has 0 aliphatic rings. The molecule has 0 unspecified atom stereocenters. The molecule has 0 fully saturated rings. The van der Waals surface area contributed by atoms with Gasteiger partial charge < -0.3 is 4.52 Å². The minimum atomic E-state index is -2.68. The quantitative estimate of drug-likeness (QED) is 0.722. The van der Waals surface area contributed by atoms with Crippen molar-refractivity contribution in [1.29, 1.82) is 0 Å². The minimum absolute atomic E-state index is 0.362. The topological polar surface area (TPSA) is 9.23 Å². The molecule has 0 atom stereocenters. The minimum Gasteiger partial charge on any atom is -0.441 e. The Labute approximate surface area is 99.0 Å². The van der Waals surface area contributed by atoms with E-state index in [0.717, 1.165) is 5.56 Å². The lowest BCUT2D eigenvalue weighted by molar-refractivity contribution is 0.615. The molecule has 1 nitrogen and oxygen atoms in total. The summed E-state index contributed by atoms with van der Waals surface area (Å²) in [6.45, 7) is 4.16. The van der Waals surface area contributed by atoms with Gasteiger partial charge in [0.05, 0.1) is 0 Å². The fourth-order valence-electron chi connectivity index (χ4n) is 1.16. The second-order valence-electron chi connectivity index (χ2n) is 3.20. The Morgan fingerprint density at radius 1 is 1.29 bits per heavy atom. The molecule has 0 spiro atoms. The summed E-state index contributed by atoms with van der Waals surface area (Å²) in [6.07, 6.45) is 0. The Morgan fingerprint density at radius 2 is 1.86 bits per heavy atom. The molecule has 1 aromatic rings. The zero-order valence-electron chi connectivity index (χ0n) is 7.91. The van der Waals surface area contributed by atoms with Crippen LogP contribution in [0.5, 0.6) is 5.75 Å². The van der Waals surface area contributed by atoms with Crippen molar-refractivity contribution in [2.45, 2.75) is 19.8 Å². The molecule has 0 bridgehead atoms. The SMILES string of the molecule is CC(C)c1ccccc1OP(=S)(Cl)Cl. The summed E-state index contributed by atoms with van der Waals surface area (Å²) in [5.74, 6) is 1.05. The molecule has 0 aliphatic carbocycles. The van der Waals surface area contributed by atoms with Crippen LogP contribution in [-0.4, -0.2) is 0 Å². The highest BCUT2D eigenvalue weighted by Crippen LogP contribution is 2.58. The molecular weight excluding hydrogens is 258 g/mol. The van der Waals surface area contributed by atoms with Gasteiger partial charge in [-0.1, -0.05) is 32.0 Å². The van der Waals surface area contributed by atoms with Crippen LogP contribution in [0.3, 0.4) is 0 Å². The molecule has 0 heterocycles. The second-order valence-corrected chi connectivity index (χ2v) is 10.3. The normalized spacial score (nSPS) is 11.8. The smallest absolute Gasteiger partial charge is 0.289 e. The summed E-state index contributed by atoms with van der Waals surface area (Å²) in [7, 11) is 0. The third-order valence-corrected chi connectivity index (χ3v) is 2.79. The molecule has 0 amide bonds. The van der Waals surface area contributed by atoms with Crippen molar-refractivity contribution >= 4 is 39.3 Å². The van der Waals surface area contributed by atoms with Crippen LogP contribution in [0.15, 0.2) is 24.3 Å². The van der Waals surface area contributed by atoms with E-state index in [-0.39, 0.29) is 0 Å². The van der Waals surface area contributed by atoms with E-state index >= 15 is 0 Å². The molecule has 0 N–H and O–H groups in total. The first-order valence-corrected chi connectivity index (χ1v) is 8.71. The van der Waals surface area contributed by atoms with E-state index in [0.29, 0.717) is 11.7 Å². The lowest BCUT2D eigenvalue weighted by atomic mass is 10.0. The van der Waals surface area contributed by atoms with E-state index in [1.54, 1.807) is 0 Å². The Kier molecular flexibility index (Phi) is 4.27. The molecular formula is C9H11Cl2OPS. The average Bonchev–Trinajstić information content (AvgIpc) is 2.01. The monoisotopic (exact) mass is 268 g/mol. The molecule has 0 saturated heterocycles. The van der Waals surface area contributed by atoms with Crippen LogP contribution >= 0.6 is 27.5 Å². The van der Waals surface area contributed by atoms with Gasteiger partial charge in [0, 0.05) is 0 Å². The highest BCUT2D eigenvalue weighted by Gasteiger charge is 2.14. The maximum atomic E-state index is 5.71. The maximum Gasteiger partial charge on any atom is 0.289 e. The largest absolute Gasteiger partial charge is 0.441 e. The van der Waals surface area contributed by atoms with Crippen LogP contribution in [0.2, 0.25) is 0 Å². The number of hydrogen-bond acceptors (Lipinski definition) is 2. The van der Waals surface area contributed by atoms with Crippen LogP contribution in [-0.2, 0) is 11.8 Å². The number of halogens is 2. The van der Waals surface area contributed by atoms with E-state index < -0.39 is 4.97 Å². The summed E-state index contributed by atoms with van der Waals surface area (Å²) in [4.78, 5) is -2.68. The molecule has 0 saturated carbocycles. The summed E-state index contributed by atoms with van der Waals surface area (Å²) < 4.78 is 5.35. The van der Waals surface area contributed by atoms with Gasteiger partial charge in [0.25, 0.3) is 4.97 Å². The zero-order valence-corrected chi connectivity index (χ0v) is 11.1. The van der Waals surface area contributed by atoms with E-state index in [9.17, 15) is 0 Å². The van der Waals surface area contributed by atoms with E-state index in [4.69, 9.17) is 38.8 Å². The van der Waals surface area contributed by atoms with Gasteiger partial charge in [-0.2, -0.15) is 0 Å². The second kappa shape index (κ2) is 4.85. The predicted molar refractivity (Wildman–Crippen MR) is 67.2 cm³/mol. The van der Waals surface area contributed by atoms with E-state index in [2.05, 4.69) is 13.8 Å². The van der Waals surface area contributed by atoms with Crippen molar-refractivity contribution in [2.75, 3.05) is 0 Å². The van der Waals surface area contributed by atoms with Crippen LogP contribution < -0.4 is 4.52 Å². The Morgan fingerprint density at radius 3 is 2.36 bits per heavy atom. The molecule has 5 heteroatoms. The molecule has 1 rings (SSSR count). The van der Waals surface area contributed by atoms with Crippen molar-refractivity contribution in [1.82, 2.24) is 0 Å². The van der Waals surface area contributed by atoms with Crippen LogP contribution in [0.25, 0.3) is 0 Å². The summed E-state index contributed by atoms with van der Waals surface area (Å²) in [6, 6.07) is 7.65. The van der Waals surface area contributed by atoms with E-state index in [1.807, 2.05) is 24.3 Å². The van der Waals surface area contributed by atoms with Gasteiger partial charge in [-0.05, 0) is 51.8 Å². The molecule has 0 aromatic heterocycles. The Bertz CT molecular complexity index is 362. The lowest BCUT2D eigenvalue weighted by Crippen LogP contribution is -1.92. The number of hydrogen-bond donors (Lipinski definition) is 0. The highest BCUT2D eigenvalue weighted by atomic mass is 35.9. The van der Waals surface area contributed by atoms with Gasteiger partial charge in [-0.15, -0.1) is 0 Å². The van der Waals surface area contributed by atoms with Gasteiger partial charge in [0.1, 0.15) is 5.75 Å². The Hall–Kier alpha value is 0.250. The first-order valence-electron chi connectivity index (χ1n) is 4.18. The van der Waals surface area contributed by atoms with Crippen molar-refractivity contribution in [2.24, 2.45) is 0 Å². The maximum absolute atomic E-state index is 5.71. The van der Waals surface area contributed by atoms with Gasteiger partial charge in [0.2, 0.25) is 0 Å². The molecule has 0 aliphatic heterocycles. The number of para-hydroxylation sites is 1. The Balaban J connectivity index is 3.02. The van der Waals surface area contributed by atoms with Crippen molar-refractivity contribution < 1.29 is 4.52 Å². The van der Waals surface area contributed by atoms with Crippen LogP contribution in [0, 0.1) is 0 Å². The molecule has 14 heavy (non-hydrogen) atoms. The number of benzene rings is 1. The van der Waals surface area contributed by atoms with Crippen LogP contribution in [0.1, 0.15) is 25.3 Å². The van der Waals surface area contributed by atoms with Gasteiger partial charge in [-0.25, -0.2) is 0 Å². The number of rotatable bonds is 3. The summed E-state index contributed by atoms with van der Waals surface area (Å²) in [5.41, 5.74) is 1.07. The standard InChI is InChI=1S/C9H11Cl2OPS/c1-7(2)8-5-3-4-6-9(8)12-13(10,11)14/h3-7H,1-2H3. The lowest BCUT2D eigenvalue weighted by Gasteiger charge is -2.15. The fourth-order valence-corrected chi connectivity index (χ4v) is 2.24. The third kappa shape index (κ3) is 3.78. The molecule has 1 aromatic carbocycles. The third-order valence-electron chi connectivity index (χ3n) is 1.75. The van der Waals surface area contributed by atoms with E-state index in [1.165, 1.54) is 0 Å². The first-order chi connectivity index (χ1) is 6.40. The molecule has 0 radical (unpaired) electrons. The fraction of sp³-hybridized carbons (Fsp3) is 0.333. The predicted octanol–water partition coefficient (Wildman–Crippen LogP) is 4.89. The molecule has 78 valence electrons. The average molecular weight is 269 g/mol. The summed E-state index contributed by atoms with van der Waals surface area (Å²) >= 11 is 16.3. The van der Waals surface area contributed by atoms with Crippen molar-refractivity contribution in [3.63, 3.8) is 0 Å². The van der Waals surface area contributed by atoms with Gasteiger partial charge >= 0.3 is 0 Å². The van der Waals surface area contributed by atoms with Crippen LogP contribution in [0.4, 0.5) is 0 Å². The zero-order chi connectivity index (χ0) is 10.8. The van der Waals surface area contributed by atoms with Gasteiger partial charge in [-0.3, -0.25) is 0 Å². The van der Waals surface area contributed by atoms with Crippen molar-refractivity contribution in [3.05, 3.63) is 29.8 Å². The highest BCUT2D eigenvalue weighted by molar-refractivity contribution is 8.36. The first kappa shape index (κ1) is 12.3. The van der Waals surface area contributed by atoms with Crippen molar-refractivity contribution in [3.8, 4) is 5.75 Å². The van der Waals surface area contributed by atoms with Gasteiger partial charge in [0.15, 0.2) is 0 Å².